The molecular weight excluding hydrogens is 328 g/mol. The number of aliphatic carboxylic acids is 1. The minimum Gasteiger partial charge on any atom is -0.550 e. The molecule has 0 radical (unpaired) electrons. The first-order valence-electron chi connectivity index (χ1n) is 9.08. The van der Waals surface area contributed by atoms with Gasteiger partial charge in [0.05, 0.1) is 12.2 Å². The molecule has 26 heavy (non-hydrogen) atoms. The maximum absolute atomic E-state index is 10.2. The molecule has 2 unspecified atom stereocenters. The maximum atomic E-state index is 10.2. The first-order valence-corrected chi connectivity index (χ1v) is 9.08. The molecule has 0 amide bonds. The topological polar surface area (TPSA) is 80.6 Å². The molecule has 2 atom stereocenters. The monoisotopic (exact) mass is 359 g/mol. The lowest BCUT2D eigenvalue weighted by atomic mass is 10.2. The number of rotatable bonds is 14. The van der Waals surface area contributed by atoms with Gasteiger partial charge in [-0.1, -0.05) is 79.8 Å². The summed E-state index contributed by atoms with van der Waals surface area (Å²) in [6.07, 6.45) is 24.4. The normalized spacial score (nSPS) is 15.5. The molecule has 0 aromatic heterocycles. The highest BCUT2D eigenvalue weighted by atomic mass is 16.4. The summed E-state index contributed by atoms with van der Waals surface area (Å²) in [5.74, 6) is -1.04. The van der Waals surface area contributed by atoms with Crippen molar-refractivity contribution < 1.29 is 20.1 Å². The van der Waals surface area contributed by atoms with Crippen LogP contribution in [0.5, 0.6) is 0 Å². The fraction of sp³-hybridized carbons (Fsp3) is 0.409. The van der Waals surface area contributed by atoms with Crippen molar-refractivity contribution in [3.8, 4) is 0 Å². The van der Waals surface area contributed by atoms with Crippen molar-refractivity contribution in [3.63, 3.8) is 0 Å². The summed E-state index contributed by atoms with van der Waals surface area (Å²) in [7, 11) is 0. The van der Waals surface area contributed by atoms with Crippen LogP contribution in [-0.2, 0) is 4.79 Å². The Morgan fingerprint density at radius 2 is 1.38 bits per heavy atom. The number of aliphatic hydroxyl groups is 2. The van der Waals surface area contributed by atoms with Gasteiger partial charge in [0.25, 0.3) is 0 Å². The molecule has 144 valence electrons. The molecule has 0 spiro atoms. The Labute approximate surface area is 157 Å². The van der Waals surface area contributed by atoms with Gasteiger partial charge < -0.3 is 20.1 Å². The van der Waals surface area contributed by atoms with Gasteiger partial charge in [0.2, 0.25) is 0 Å². The van der Waals surface area contributed by atoms with Gasteiger partial charge in [-0.05, 0) is 38.5 Å². The van der Waals surface area contributed by atoms with E-state index in [-0.39, 0.29) is 6.42 Å². The lowest BCUT2D eigenvalue weighted by Crippen LogP contribution is -2.21. The zero-order valence-corrected chi connectivity index (χ0v) is 15.5. The lowest BCUT2D eigenvalue weighted by Gasteiger charge is -1.99. The average molecular weight is 359 g/mol. The van der Waals surface area contributed by atoms with E-state index in [2.05, 4.69) is 6.92 Å². The summed E-state index contributed by atoms with van der Waals surface area (Å²) < 4.78 is 0. The van der Waals surface area contributed by atoms with Crippen LogP contribution in [0.4, 0.5) is 0 Å². The van der Waals surface area contributed by atoms with E-state index in [0.717, 1.165) is 6.42 Å². The van der Waals surface area contributed by atoms with E-state index < -0.39 is 18.2 Å². The van der Waals surface area contributed by atoms with Crippen molar-refractivity contribution in [1.82, 2.24) is 0 Å². The molecule has 0 aliphatic heterocycles. The van der Waals surface area contributed by atoms with Gasteiger partial charge in [-0.15, -0.1) is 0 Å². The number of allylic oxidation sites excluding steroid dienone is 8. The summed E-state index contributed by atoms with van der Waals surface area (Å²) >= 11 is 0. The third-order valence-electron chi connectivity index (χ3n) is 3.28. The second-order valence-electron chi connectivity index (χ2n) is 5.73. The highest BCUT2D eigenvalue weighted by Crippen LogP contribution is 1.99. The molecule has 0 saturated carbocycles. The number of hydrogen-bond donors (Lipinski definition) is 2. The fourth-order valence-electron chi connectivity index (χ4n) is 1.90. The third-order valence-corrected chi connectivity index (χ3v) is 3.28. The van der Waals surface area contributed by atoms with Gasteiger partial charge >= 0.3 is 0 Å². The van der Waals surface area contributed by atoms with Crippen molar-refractivity contribution in [2.24, 2.45) is 0 Å². The second kappa shape index (κ2) is 17.6. The third kappa shape index (κ3) is 18.2. The molecule has 0 aromatic carbocycles. The first-order chi connectivity index (χ1) is 12.6. The Balaban J connectivity index is 3.87. The van der Waals surface area contributed by atoms with Crippen LogP contribution in [0.2, 0.25) is 0 Å². The van der Waals surface area contributed by atoms with Crippen molar-refractivity contribution in [3.05, 3.63) is 72.9 Å². The van der Waals surface area contributed by atoms with E-state index in [1.807, 2.05) is 42.5 Å². The van der Waals surface area contributed by atoms with Gasteiger partial charge in [-0.3, -0.25) is 0 Å². The summed E-state index contributed by atoms with van der Waals surface area (Å²) in [5, 5.41) is 29.7. The first kappa shape index (κ1) is 23.8. The molecule has 0 saturated heterocycles. The summed E-state index contributed by atoms with van der Waals surface area (Å²) in [4.78, 5) is 10.2. The second-order valence-corrected chi connectivity index (χ2v) is 5.73. The Hall–Kier alpha value is -2.17. The van der Waals surface area contributed by atoms with Crippen molar-refractivity contribution in [2.45, 2.75) is 57.7 Å². The van der Waals surface area contributed by atoms with Crippen molar-refractivity contribution >= 4 is 5.97 Å². The molecule has 0 fully saturated rings. The van der Waals surface area contributed by atoms with E-state index in [1.54, 1.807) is 30.4 Å². The molecule has 0 bridgehead atoms. The van der Waals surface area contributed by atoms with Crippen molar-refractivity contribution in [1.29, 1.82) is 0 Å². The molecule has 0 aromatic rings. The number of hydrogen-bond acceptors (Lipinski definition) is 4. The van der Waals surface area contributed by atoms with Crippen LogP contribution in [-0.4, -0.2) is 28.4 Å². The average Bonchev–Trinajstić information content (AvgIpc) is 2.60. The largest absolute Gasteiger partial charge is 0.550 e. The quantitative estimate of drug-likeness (QED) is 0.369. The highest BCUT2D eigenvalue weighted by molar-refractivity contribution is 5.64. The Morgan fingerprint density at radius 3 is 1.92 bits per heavy atom. The van der Waals surface area contributed by atoms with Crippen LogP contribution in [0, 0.1) is 0 Å². The number of carboxylic acids is 1. The maximum Gasteiger partial charge on any atom is 0.0758 e. The predicted molar refractivity (Wildman–Crippen MR) is 105 cm³/mol. The van der Waals surface area contributed by atoms with Crippen LogP contribution in [0.3, 0.4) is 0 Å². The van der Waals surface area contributed by atoms with Crippen LogP contribution in [0.25, 0.3) is 0 Å². The van der Waals surface area contributed by atoms with Crippen LogP contribution < -0.4 is 5.11 Å². The molecule has 0 aliphatic rings. The molecule has 0 heterocycles. The van der Waals surface area contributed by atoms with Crippen LogP contribution in [0.1, 0.15) is 45.4 Å². The Morgan fingerprint density at radius 1 is 0.846 bits per heavy atom. The molecule has 2 N–H and O–H groups in total. The summed E-state index contributed by atoms with van der Waals surface area (Å²) in [6.45, 7) is 2.05. The fourth-order valence-corrected chi connectivity index (χ4v) is 1.90. The van der Waals surface area contributed by atoms with Gasteiger partial charge in [0.1, 0.15) is 0 Å². The van der Waals surface area contributed by atoms with Crippen molar-refractivity contribution in [2.75, 3.05) is 0 Å². The van der Waals surface area contributed by atoms with E-state index in [1.165, 1.54) is 0 Å². The van der Waals surface area contributed by atoms with E-state index in [0.29, 0.717) is 25.7 Å². The Kier molecular flexibility index (Phi) is 16.2. The Bertz CT molecular complexity index is 524. The number of carboxylic acid groups (broad SMARTS) is 1. The zero-order valence-electron chi connectivity index (χ0n) is 15.5. The lowest BCUT2D eigenvalue weighted by molar-refractivity contribution is -0.305. The number of carbonyl (C=O) groups is 1. The highest BCUT2D eigenvalue weighted by Gasteiger charge is 1.93. The van der Waals surface area contributed by atoms with E-state index in [4.69, 9.17) is 0 Å². The number of carbonyl (C=O) groups excluding carboxylic acids is 1. The van der Waals surface area contributed by atoms with Gasteiger partial charge in [0, 0.05) is 5.97 Å². The summed E-state index contributed by atoms with van der Waals surface area (Å²) in [6, 6.07) is 0. The minimum atomic E-state index is -1.04. The predicted octanol–water partition coefficient (Wildman–Crippen LogP) is 3.16. The van der Waals surface area contributed by atoms with Crippen LogP contribution in [0.15, 0.2) is 72.9 Å². The van der Waals surface area contributed by atoms with Gasteiger partial charge in [0.15, 0.2) is 0 Å². The molecule has 0 aliphatic carbocycles. The van der Waals surface area contributed by atoms with Crippen LogP contribution >= 0.6 is 0 Å². The molecule has 0 rings (SSSR count). The molecular formula is C22H31O4-. The van der Waals surface area contributed by atoms with Gasteiger partial charge in [-0.25, -0.2) is 0 Å². The molecule has 4 nitrogen and oxygen atoms in total. The van der Waals surface area contributed by atoms with E-state index in [9.17, 15) is 20.1 Å². The smallest absolute Gasteiger partial charge is 0.0758 e. The molecule has 4 heteroatoms. The van der Waals surface area contributed by atoms with E-state index >= 15 is 0 Å². The van der Waals surface area contributed by atoms with Gasteiger partial charge in [-0.2, -0.15) is 0 Å². The standard InChI is InChI=1S/C22H32O4/c1-2-3-10-15-20(23)17-12-8-9-13-18-21(24)16-11-6-4-5-7-14-19-22(25)26/h3,5-13,17-18,20-21,23-24H,2,4,14-16,19H2,1H3,(H,25,26)/p-1/b7-5-,9-8+,10-3-,11-6-,17-12-,18-13+. The summed E-state index contributed by atoms with van der Waals surface area (Å²) in [5.41, 5.74) is 0. The zero-order chi connectivity index (χ0) is 19.5. The number of aliphatic hydroxyl groups excluding tert-OH is 2. The SMILES string of the molecule is CC/C=C\CC(O)\C=C/C=C/C=C/C(O)C/C=C\C/C=C\CCC(=O)[O-]. The minimum absolute atomic E-state index is 0.0430.